The maximum atomic E-state index is 11.3. The zero-order valence-electron chi connectivity index (χ0n) is 9.41. The Morgan fingerprint density at radius 2 is 2.25 bits per heavy atom. The number of nitrogens with two attached hydrogens (primary N) is 1. The number of anilines is 1. The number of hydrogen-bond donors (Lipinski definition) is 1. The number of carbonyl (C=O) groups is 1. The van der Waals surface area contributed by atoms with Crippen LogP contribution in [-0.4, -0.2) is 10.8 Å². The number of aryl methyl sites for hydroxylation is 1. The van der Waals surface area contributed by atoms with Gasteiger partial charge in [0, 0.05) is 12.0 Å². The fourth-order valence-electron chi connectivity index (χ4n) is 1.63. The highest BCUT2D eigenvalue weighted by Gasteiger charge is 2.11. The molecule has 0 unspecified atom stereocenters. The van der Waals surface area contributed by atoms with Crippen molar-refractivity contribution in [3.8, 4) is 0 Å². The van der Waals surface area contributed by atoms with Crippen LogP contribution in [0.4, 0.5) is 5.69 Å². The van der Waals surface area contributed by atoms with Crippen molar-refractivity contribution >= 4 is 22.6 Å². The van der Waals surface area contributed by atoms with Gasteiger partial charge in [-0.2, -0.15) is 0 Å². The van der Waals surface area contributed by atoms with Crippen LogP contribution in [0.25, 0.3) is 11.1 Å². The Labute approximate surface area is 93.5 Å². The van der Waals surface area contributed by atoms with Gasteiger partial charge in [0.1, 0.15) is 5.52 Å². The van der Waals surface area contributed by atoms with E-state index in [2.05, 4.69) is 11.9 Å². The van der Waals surface area contributed by atoms with Gasteiger partial charge in [0.2, 0.25) is 0 Å². The molecule has 2 aromatic rings. The number of benzene rings is 1. The van der Waals surface area contributed by atoms with Crippen LogP contribution >= 0.6 is 0 Å². The fraction of sp³-hybridized carbons (Fsp3) is 0.333. The first-order valence-corrected chi connectivity index (χ1v) is 5.31. The molecule has 84 valence electrons. The molecule has 0 saturated carbocycles. The van der Waals surface area contributed by atoms with Crippen LogP contribution in [0.3, 0.4) is 0 Å². The van der Waals surface area contributed by atoms with Crippen LogP contribution in [-0.2, 0) is 6.42 Å². The van der Waals surface area contributed by atoms with E-state index in [1.165, 1.54) is 6.92 Å². The minimum atomic E-state index is -0.0198. The molecule has 0 amide bonds. The van der Waals surface area contributed by atoms with Gasteiger partial charge in [-0.25, -0.2) is 4.98 Å². The number of nitrogen functional groups attached to an aromatic ring is 1. The average Bonchev–Trinajstić information content (AvgIpc) is 2.61. The second-order valence-corrected chi connectivity index (χ2v) is 3.83. The number of rotatable bonds is 3. The molecule has 1 aromatic heterocycles. The van der Waals surface area contributed by atoms with E-state index in [-0.39, 0.29) is 5.78 Å². The second-order valence-electron chi connectivity index (χ2n) is 3.83. The predicted molar refractivity (Wildman–Crippen MR) is 62.4 cm³/mol. The highest BCUT2D eigenvalue weighted by Crippen LogP contribution is 2.24. The van der Waals surface area contributed by atoms with Gasteiger partial charge in [0.15, 0.2) is 17.3 Å². The monoisotopic (exact) mass is 218 g/mol. The lowest BCUT2D eigenvalue weighted by molar-refractivity contribution is 0.101. The van der Waals surface area contributed by atoms with Crippen LogP contribution in [0.2, 0.25) is 0 Å². The van der Waals surface area contributed by atoms with Gasteiger partial charge in [0.05, 0.1) is 5.69 Å². The smallest absolute Gasteiger partial charge is 0.195 e. The van der Waals surface area contributed by atoms with Gasteiger partial charge in [0.25, 0.3) is 0 Å². The Hall–Kier alpha value is -1.84. The molecule has 1 heterocycles. The summed E-state index contributed by atoms with van der Waals surface area (Å²) in [7, 11) is 0. The molecule has 0 saturated heterocycles. The summed E-state index contributed by atoms with van der Waals surface area (Å²) in [6.07, 6.45) is 1.75. The van der Waals surface area contributed by atoms with Crippen LogP contribution in [0, 0.1) is 0 Å². The zero-order valence-corrected chi connectivity index (χ0v) is 9.41. The number of fused-ring (bicyclic) bond motifs is 1. The molecule has 1 aromatic carbocycles. The van der Waals surface area contributed by atoms with Crippen LogP contribution < -0.4 is 5.73 Å². The molecule has 0 radical (unpaired) electrons. The summed E-state index contributed by atoms with van der Waals surface area (Å²) in [4.78, 5) is 15.6. The quantitative estimate of drug-likeness (QED) is 0.635. The molecule has 2 N–H and O–H groups in total. The van der Waals surface area contributed by atoms with Gasteiger partial charge < -0.3 is 10.2 Å². The average molecular weight is 218 g/mol. The molecule has 0 spiro atoms. The van der Waals surface area contributed by atoms with Crippen molar-refractivity contribution in [1.29, 1.82) is 0 Å². The van der Waals surface area contributed by atoms with Gasteiger partial charge >= 0.3 is 0 Å². The Balaban J connectivity index is 2.58. The summed E-state index contributed by atoms with van der Waals surface area (Å²) in [6, 6.07) is 3.35. The van der Waals surface area contributed by atoms with Crippen molar-refractivity contribution in [2.75, 3.05) is 5.73 Å². The van der Waals surface area contributed by atoms with Crippen LogP contribution in [0.5, 0.6) is 0 Å². The first-order valence-electron chi connectivity index (χ1n) is 5.31. The van der Waals surface area contributed by atoms with E-state index in [0.29, 0.717) is 28.2 Å². The third-order valence-electron chi connectivity index (χ3n) is 2.43. The van der Waals surface area contributed by atoms with E-state index in [1.54, 1.807) is 12.1 Å². The number of carbonyl (C=O) groups excluding carboxylic acids is 1. The molecule has 0 aliphatic carbocycles. The summed E-state index contributed by atoms with van der Waals surface area (Å²) >= 11 is 0. The van der Waals surface area contributed by atoms with Gasteiger partial charge in [-0.3, -0.25) is 4.79 Å². The summed E-state index contributed by atoms with van der Waals surface area (Å²) in [5.41, 5.74) is 8.10. The first kappa shape index (κ1) is 10.7. The highest BCUT2D eigenvalue weighted by molar-refractivity contribution is 6.00. The second kappa shape index (κ2) is 3.96. The molecule has 0 aliphatic heterocycles. The van der Waals surface area contributed by atoms with Crippen molar-refractivity contribution < 1.29 is 9.21 Å². The number of ketones is 1. The lowest BCUT2D eigenvalue weighted by atomic mass is 10.1. The van der Waals surface area contributed by atoms with Gasteiger partial charge in [-0.1, -0.05) is 6.92 Å². The van der Waals surface area contributed by atoms with Crippen molar-refractivity contribution in [1.82, 2.24) is 4.98 Å². The van der Waals surface area contributed by atoms with Gasteiger partial charge in [-0.15, -0.1) is 0 Å². The molecule has 0 bridgehead atoms. The fourth-order valence-corrected chi connectivity index (χ4v) is 1.63. The molecule has 16 heavy (non-hydrogen) atoms. The molecular formula is C12H14N2O2. The molecular weight excluding hydrogens is 204 g/mol. The van der Waals surface area contributed by atoms with Crippen LogP contribution in [0.1, 0.15) is 36.5 Å². The SMILES string of the molecule is CCCc1nc2cc(C(C)=O)cc(N)c2o1. The standard InChI is InChI=1S/C12H14N2O2/c1-3-4-11-14-10-6-8(7(2)15)5-9(13)12(10)16-11/h5-6H,3-4,13H2,1-2H3. The summed E-state index contributed by atoms with van der Waals surface area (Å²) in [5, 5.41) is 0. The number of oxazole rings is 1. The maximum Gasteiger partial charge on any atom is 0.195 e. The highest BCUT2D eigenvalue weighted by atomic mass is 16.3. The topological polar surface area (TPSA) is 69.1 Å². The summed E-state index contributed by atoms with van der Waals surface area (Å²) in [6.45, 7) is 3.56. The summed E-state index contributed by atoms with van der Waals surface area (Å²) in [5.74, 6) is 0.651. The molecule has 2 rings (SSSR count). The molecule has 0 fully saturated rings. The Kier molecular flexibility index (Phi) is 2.64. The van der Waals surface area contributed by atoms with E-state index >= 15 is 0 Å². The van der Waals surface area contributed by atoms with Crippen molar-refractivity contribution in [3.05, 3.63) is 23.6 Å². The molecule has 4 heteroatoms. The van der Waals surface area contributed by atoms with E-state index in [4.69, 9.17) is 10.2 Å². The lowest BCUT2D eigenvalue weighted by Crippen LogP contribution is -1.95. The molecule has 0 aliphatic rings. The largest absolute Gasteiger partial charge is 0.439 e. The minimum Gasteiger partial charge on any atom is -0.439 e. The Morgan fingerprint density at radius 3 is 2.88 bits per heavy atom. The first-order chi connectivity index (χ1) is 7.61. The lowest BCUT2D eigenvalue weighted by Gasteiger charge is -1.97. The zero-order chi connectivity index (χ0) is 11.7. The maximum absolute atomic E-state index is 11.3. The van der Waals surface area contributed by atoms with E-state index in [9.17, 15) is 4.79 Å². The Bertz CT molecular complexity index is 543. The van der Waals surface area contributed by atoms with E-state index in [1.807, 2.05) is 0 Å². The third-order valence-corrected chi connectivity index (χ3v) is 2.43. The van der Waals surface area contributed by atoms with Crippen molar-refractivity contribution in [3.63, 3.8) is 0 Å². The number of nitrogens with zero attached hydrogens (tertiary/aromatic N) is 1. The van der Waals surface area contributed by atoms with E-state index in [0.717, 1.165) is 12.8 Å². The van der Waals surface area contributed by atoms with Gasteiger partial charge in [-0.05, 0) is 25.5 Å². The van der Waals surface area contributed by atoms with Crippen LogP contribution in [0.15, 0.2) is 16.5 Å². The van der Waals surface area contributed by atoms with Crippen molar-refractivity contribution in [2.45, 2.75) is 26.7 Å². The Morgan fingerprint density at radius 1 is 1.50 bits per heavy atom. The number of Topliss-reactive ketones (excluding diaryl/α,β-unsaturated/α-hetero) is 1. The molecule has 4 nitrogen and oxygen atoms in total. The number of aromatic nitrogens is 1. The van der Waals surface area contributed by atoms with Crippen molar-refractivity contribution in [2.24, 2.45) is 0 Å². The normalized spacial score (nSPS) is 10.9. The minimum absolute atomic E-state index is 0.0198. The molecule has 0 atom stereocenters. The summed E-state index contributed by atoms with van der Waals surface area (Å²) < 4.78 is 5.53. The predicted octanol–water partition coefficient (Wildman–Crippen LogP) is 2.57. The van der Waals surface area contributed by atoms with E-state index < -0.39 is 0 Å². The third kappa shape index (κ3) is 1.78. The number of hydrogen-bond acceptors (Lipinski definition) is 4.